The average Bonchev–Trinajstić information content (AvgIpc) is 1.21. The zero-order chi connectivity index (χ0) is 6.78. The Morgan fingerprint density at radius 2 is 1.75 bits per heavy atom. The molecule has 0 amide bonds. The average molecular weight is 116 g/mol. The van der Waals surface area contributed by atoms with Crippen LogP contribution in [0.3, 0.4) is 0 Å². The molecule has 50 valence electrons. The van der Waals surface area contributed by atoms with E-state index in [1.165, 1.54) is 0 Å². The van der Waals surface area contributed by atoms with Gasteiger partial charge in [-0.2, -0.15) is 0 Å². The van der Waals surface area contributed by atoms with Crippen LogP contribution in [0, 0.1) is 5.41 Å². The van der Waals surface area contributed by atoms with E-state index in [0.29, 0.717) is 0 Å². The molecule has 8 heavy (non-hydrogen) atoms. The molecule has 0 rings (SSSR count). The summed E-state index contributed by atoms with van der Waals surface area (Å²) in [5.74, 6) is 0. The largest absolute Gasteiger partial charge is 0.393 e. The molecule has 0 unspecified atom stereocenters. The zero-order valence-corrected chi connectivity index (χ0v) is 6.23. The summed E-state index contributed by atoms with van der Waals surface area (Å²) in [5.41, 5.74) is 0.272. The maximum atomic E-state index is 8.89. The Morgan fingerprint density at radius 3 is 1.75 bits per heavy atom. The molecule has 0 aliphatic carbocycles. The number of hydrogen-bond donors (Lipinski definition) is 1. The van der Waals surface area contributed by atoms with E-state index in [1.807, 2.05) is 6.92 Å². The van der Waals surface area contributed by atoms with Crippen molar-refractivity contribution in [2.75, 3.05) is 0 Å². The van der Waals surface area contributed by atoms with Gasteiger partial charge >= 0.3 is 0 Å². The van der Waals surface area contributed by atoms with Gasteiger partial charge in [0, 0.05) is 0 Å². The van der Waals surface area contributed by atoms with Gasteiger partial charge in [-0.3, -0.25) is 0 Å². The third kappa shape index (κ3) is 5.96. The highest BCUT2D eigenvalue weighted by molar-refractivity contribution is 4.63. The summed E-state index contributed by atoms with van der Waals surface area (Å²) in [4.78, 5) is 0. The maximum absolute atomic E-state index is 8.89. The number of aliphatic hydroxyl groups excluding tert-OH is 1. The molecule has 0 aromatic heterocycles. The van der Waals surface area contributed by atoms with E-state index < -0.39 is 0 Å². The molecule has 0 heterocycles. The third-order valence-corrected chi connectivity index (χ3v) is 0.908. The Kier molecular flexibility index (Phi) is 2.48. The third-order valence-electron chi connectivity index (χ3n) is 0.908. The van der Waals surface area contributed by atoms with E-state index >= 15 is 0 Å². The van der Waals surface area contributed by atoms with Gasteiger partial charge in [0.2, 0.25) is 0 Å². The second-order valence-electron chi connectivity index (χ2n) is 3.61. The highest BCUT2D eigenvalue weighted by atomic mass is 16.3. The molecule has 0 saturated heterocycles. The first kappa shape index (κ1) is 7.96. The highest BCUT2D eigenvalue weighted by Crippen LogP contribution is 2.19. The predicted molar refractivity (Wildman–Crippen MR) is 35.8 cm³/mol. The van der Waals surface area contributed by atoms with Crippen LogP contribution in [-0.4, -0.2) is 11.2 Å². The van der Waals surface area contributed by atoms with Crippen molar-refractivity contribution >= 4 is 0 Å². The Hall–Kier alpha value is -0.0400. The van der Waals surface area contributed by atoms with Crippen LogP contribution in [0.4, 0.5) is 0 Å². The summed E-state index contributed by atoms with van der Waals surface area (Å²) >= 11 is 0. The van der Waals surface area contributed by atoms with E-state index in [1.54, 1.807) is 0 Å². The number of aliphatic hydroxyl groups is 1. The lowest BCUT2D eigenvalue weighted by Gasteiger charge is -2.19. The van der Waals surface area contributed by atoms with Gasteiger partial charge in [0.25, 0.3) is 0 Å². The van der Waals surface area contributed by atoms with Crippen molar-refractivity contribution in [1.29, 1.82) is 0 Å². The number of rotatable bonds is 1. The fraction of sp³-hybridized carbons (Fsp3) is 1.00. The zero-order valence-electron chi connectivity index (χ0n) is 6.23. The van der Waals surface area contributed by atoms with Gasteiger partial charge in [-0.05, 0) is 18.8 Å². The highest BCUT2D eigenvalue weighted by Gasteiger charge is 2.12. The fourth-order valence-electron chi connectivity index (χ4n) is 0.886. The van der Waals surface area contributed by atoms with Crippen molar-refractivity contribution in [3.8, 4) is 0 Å². The standard InChI is InChI=1S/C7H16O/c1-6(8)5-7(2,3)4/h6,8H,5H2,1-4H3/t6-/m0/s1. The van der Waals surface area contributed by atoms with Gasteiger partial charge < -0.3 is 5.11 Å². The maximum Gasteiger partial charge on any atom is 0.0517 e. The van der Waals surface area contributed by atoms with Crippen LogP contribution in [0.25, 0.3) is 0 Å². The molecule has 0 aromatic rings. The van der Waals surface area contributed by atoms with Crippen LogP contribution >= 0.6 is 0 Å². The van der Waals surface area contributed by atoms with Crippen molar-refractivity contribution in [2.24, 2.45) is 5.41 Å². The second-order valence-corrected chi connectivity index (χ2v) is 3.61. The summed E-state index contributed by atoms with van der Waals surface area (Å²) < 4.78 is 0. The van der Waals surface area contributed by atoms with Crippen molar-refractivity contribution in [1.82, 2.24) is 0 Å². The van der Waals surface area contributed by atoms with Crippen molar-refractivity contribution in [3.63, 3.8) is 0 Å². The van der Waals surface area contributed by atoms with Crippen LogP contribution in [0.15, 0.2) is 0 Å². The Morgan fingerprint density at radius 1 is 1.38 bits per heavy atom. The van der Waals surface area contributed by atoms with E-state index in [9.17, 15) is 0 Å². The Labute approximate surface area is 51.7 Å². The predicted octanol–water partition coefficient (Wildman–Crippen LogP) is 1.80. The Bertz CT molecular complexity index is 59.3. The first-order valence-electron chi connectivity index (χ1n) is 3.10. The summed E-state index contributed by atoms with van der Waals surface area (Å²) in [7, 11) is 0. The molecule has 0 spiro atoms. The quantitative estimate of drug-likeness (QED) is 0.554. The van der Waals surface area contributed by atoms with Gasteiger partial charge in [0.15, 0.2) is 0 Å². The van der Waals surface area contributed by atoms with Gasteiger partial charge in [0.05, 0.1) is 6.10 Å². The molecule has 0 bridgehead atoms. The van der Waals surface area contributed by atoms with Crippen LogP contribution < -0.4 is 0 Å². The molecule has 1 N–H and O–H groups in total. The van der Waals surface area contributed by atoms with E-state index in [-0.39, 0.29) is 11.5 Å². The molecule has 0 aliphatic rings. The SMILES string of the molecule is C[C@H](O)CC(C)(C)C. The van der Waals surface area contributed by atoms with E-state index in [4.69, 9.17) is 5.11 Å². The first-order chi connectivity index (χ1) is 3.42. The van der Waals surface area contributed by atoms with Crippen LogP contribution in [0.1, 0.15) is 34.1 Å². The first-order valence-corrected chi connectivity index (χ1v) is 3.10. The lowest BCUT2D eigenvalue weighted by atomic mass is 9.90. The summed E-state index contributed by atoms with van der Waals surface area (Å²) in [6.07, 6.45) is 0.725. The molecule has 0 fully saturated rings. The van der Waals surface area contributed by atoms with Crippen LogP contribution in [0.5, 0.6) is 0 Å². The van der Waals surface area contributed by atoms with Gasteiger partial charge in [-0.25, -0.2) is 0 Å². The summed E-state index contributed by atoms with van der Waals surface area (Å²) in [5, 5.41) is 8.89. The lowest BCUT2D eigenvalue weighted by molar-refractivity contribution is 0.138. The summed E-state index contributed by atoms with van der Waals surface area (Å²) in [6.45, 7) is 8.20. The minimum absolute atomic E-state index is 0.157. The number of hydrogen-bond acceptors (Lipinski definition) is 1. The topological polar surface area (TPSA) is 20.2 Å². The molecule has 1 heteroatoms. The molecule has 0 aliphatic heterocycles. The van der Waals surface area contributed by atoms with E-state index in [2.05, 4.69) is 20.8 Å². The van der Waals surface area contributed by atoms with E-state index in [0.717, 1.165) is 6.42 Å². The molecule has 0 saturated carbocycles. The van der Waals surface area contributed by atoms with Crippen molar-refractivity contribution < 1.29 is 5.11 Å². The fourth-order valence-corrected chi connectivity index (χ4v) is 0.886. The van der Waals surface area contributed by atoms with Gasteiger partial charge in [-0.1, -0.05) is 20.8 Å². The molecule has 1 atom stereocenters. The molecule has 1 nitrogen and oxygen atoms in total. The molecule has 0 aromatic carbocycles. The van der Waals surface area contributed by atoms with Crippen molar-refractivity contribution in [2.45, 2.75) is 40.2 Å². The second kappa shape index (κ2) is 2.49. The van der Waals surface area contributed by atoms with Gasteiger partial charge in [-0.15, -0.1) is 0 Å². The monoisotopic (exact) mass is 116 g/mol. The normalized spacial score (nSPS) is 16.1. The van der Waals surface area contributed by atoms with Gasteiger partial charge in [0.1, 0.15) is 0 Å². The Balaban J connectivity index is 3.39. The molecular formula is C7H16O. The van der Waals surface area contributed by atoms with Crippen LogP contribution in [-0.2, 0) is 0 Å². The lowest BCUT2D eigenvalue weighted by Crippen LogP contribution is -2.13. The summed E-state index contributed by atoms with van der Waals surface area (Å²) in [6, 6.07) is 0. The van der Waals surface area contributed by atoms with Crippen LogP contribution in [0.2, 0.25) is 0 Å². The molecular weight excluding hydrogens is 100 g/mol. The van der Waals surface area contributed by atoms with Crippen molar-refractivity contribution in [3.05, 3.63) is 0 Å². The molecule has 0 radical (unpaired) electrons. The smallest absolute Gasteiger partial charge is 0.0517 e. The minimum atomic E-state index is -0.157. The minimum Gasteiger partial charge on any atom is -0.393 e.